The van der Waals surface area contributed by atoms with Crippen LogP contribution in [0.2, 0.25) is 0 Å². The predicted molar refractivity (Wildman–Crippen MR) is 182 cm³/mol. The number of aliphatic hydroxyl groups excluding tert-OH is 1. The maximum absolute atomic E-state index is 12.1. The summed E-state index contributed by atoms with van der Waals surface area (Å²) < 4.78 is 11.1. The molecule has 0 spiro atoms. The molecule has 0 aliphatic carbocycles. The number of esters is 1. The zero-order valence-corrected chi connectivity index (χ0v) is 28.3. The second kappa shape index (κ2) is 36.1. The molecule has 0 aliphatic heterocycles. The van der Waals surface area contributed by atoms with E-state index in [2.05, 4.69) is 38.2 Å². The lowest BCUT2D eigenvalue weighted by Gasteiger charge is -2.15. The maximum atomic E-state index is 12.1. The summed E-state index contributed by atoms with van der Waals surface area (Å²) in [6, 6.07) is 0. The van der Waals surface area contributed by atoms with E-state index < -0.39 is 6.10 Å². The highest BCUT2D eigenvalue weighted by Crippen LogP contribution is 2.13. The second-order valence-corrected chi connectivity index (χ2v) is 12.3. The lowest BCUT2D eigenvalue weighted by molar-refractivity contribution is -0.154. The van der Waals surface area contributed by atoms with E-state index in [4.69, 9.17) is 9.47 Å². The van der Waals surface area contributed by atoms with Crippen LogP contribution < -0.4 is 0 Å². The summed E-state index contributed by atoms with van der Waals surface area (Å²) in [5.41, 5.74) is 0. The molecule has 0 aromatic heterocycles. The Labute approximate surface area is 262 Å². The summed E-state index contributed by atoms with van der Waals surface area (Å²) >= 11 is 0. The molecule has 42 heavy (non-hydrogen) atoms. The van der Waals surface area contributed by atoms with Crippen molar-refractivity contribution in [3.63, 3.8) is 0 Å². The van der Waals surface area contributed by atoms with Crippen molar-refractivity contribution in [3.8, 4) is 0 Å². The molecule has 248 valence electrons. The van der Waals surface area contributed by atoms with Gasteiger partial charge in [-0.3, -0.25) is 4.79 Å². The fourth-order valence-electron chi connectivity index (χ4n) is 5.19. The first-order valence-corrected chi connectivity index (χ1v) is 18.4. The van der Waals surface area contributed by atoms with Crippen LogP contribution in [0.4, 0.5) is 0 Å². The van der Waals surface area contributed by atoms with Gasteiger partial charge in [0.1, 0.15) is 6.10 Å². The van der Waals surface area contributed by atoms with Crippen LogP contribution in [0.15, 0.2) is 24.3 Å². The van der Waals surface area contributed by atoms with Gasteiger partial charge in [-0.05, 0) is 57.8 Å². The van der Waals surface area contributed by atoms with Crippen molar-refractivity contribution in [2.75, 3.05) is 19.8 Å². The fourth-order valence-corrected chi connectivity index (χ4v) is 5.19. The van der Waals surface area contributed by atoms with Gasteiger partial charge >= 0.3 is 5.97 Å². The van der Waals surface area contributed by atoms with E-state index in [9.17, 15) is 9.90 Å². The number of hydrogen-bond acceptors (Lipinski definition) is 4. The number of hydrogen-bond donors (Lipinski definition) is 1. The van der Waals surface area contributed by atoms with Gasteiger partial charge in [-0.1, -0.05) is 147 Å². The number of allylic oxidation sites excluding steroid dienone is 4. The molecule has 0 saturated carbocycles. The van der Waals surface area contributed by atoms with Gasteiger partial charge in [-0.15, -0.1) is 0 Å². The number of aliphatic hydroxyl groups is 1. The third-order valence-electron chi connectivity index (χ3n) is 8.00. The number of carbonyl (C=O) groups is 1. The number of ether oxygens (including phenoxy) is 2. The first-order valence-electron chi connectivity index (χ1n) is 18.4. The molecule has 0 rings (SSSR count). The van der Waals surface area contributed by atoms with E-state index in [-0.39, 0.29) is 12.6 Å². The lowest BCUT2D eigenvalue weighted by atomic mass is 10.1. The number of rotatable bonds is 34. The highest BCUT2D eigenvalue weighted by Gasteiger charge is 2.13. The van der Waals surface area contributed by atoms with Crippen LogP contribution in [0.25, 0.3) is 0 Å². The molecule has 0 aliphatic rings. The molecule has 4 nitrogen and oxygen atoms in total. The van der Waals surface area contributed by atoms with Gasteiger partial charge in [0.15, 0.2) is 0 Å². The second-order valence-electron chi connectivity index (χ2n) is 12.3. The van der Waals surface area contributed by atoms with Gasteiger partial charge in [0.25, 0.3) is 0 Å². The lowest BCUT2D eigenvalue weighted by Crippen LogP contribution is -2.27. The van der Waals surface area contributed by atoms with Crippen LogP contribution in [-0.4, -0.2) is 37.0 Å². The molecule has 4 heteroatoms. The van der Waals surface area contributed by atoms with Crippen molar-refractivity contribution in [2.45, 2.75) is 193 Å². The minimum Gasteiger partial charge on any atom is -0.457 e. The Balaban J connectivity index is 3.44. The minimum absolute atomic E-state index is 0.174. The average molecular weight is 593 g/mol. The first-order chi connectivity index (χ1) is 20.7. The average Bonchev–Trinajstić information content (AvgIpc) is 3.00. The Kier molecular flexibility index (Phi) is 35.1. The van der Waals surface area contributed by atoms with Crippen molar-refractivity contribution in [3.05, 3.63) is 24.3 Å². The maximum Gasteiger partial charge on any atom is 0.306 e. The summed E-state index contributed by atoms with van der Waals surface area (Å²) in [6.07, 6.45) is 42.1. The van der Waals surface area contributed by atoms with Gasteiger partial charge in [-0.2, -0.15) is 0 Å². The summed E-state index contributed by atoms with van der Waals surface area (Å²) in [4.78, 5) is 12.1. The fraction of sp³-hybridized carbons (Fsp3) is 0.868. The zero-order chi connectivity index (χ0) is 30.6. The van der Waals surface area contributed by atoms with Gasteiger partial charge in [0.2, 0.25) is 0 Å². The highest BCUT2D eigenvalue weighted by atomic mass is 16.6. The highest BCUT2D eigenvalue weighted by molar-refractivity contribution is 5.69. The van der Waals surface area contributed by atoms with Crippen LogP contribution >= 0.6 is 0 Å². The molecule has 0 fully saturated rings. The minimum atomic E-state index is -0.535. The number of carbonyl (C=O) groups excluding carboxylic acids is 1. The largest absolute Gasteiger partial charge is 0.457 e. The molecule has 1 N–H and O–H groups in total. The quantitative estimate of drug-likeness (QED) is 0.0459. The SMILES string of the molecule is CCCC/C=C\CCCCCCCCOCC(CO)OC(=O)CCCCCCCCC/C=C\CCCCCCCCC. The van der Waals surface area contributed by atoms with Crippen LogP contribution in [0.1, 0.15) is 187 Å². The summed E-state index contributed by atoms with van der Waals surface area (Å²) in [6.45, 7) is 5.30. The molecule has 0 saturated heterocycles. The van der Waals surface area contributed by atoms with Gasteiger partial charge in [0, 0.05) is 13.0 Å². The molecule has 0 heterocycles. The molecular weight excluding hydrogens is 520 g/mol. The van der Waals surface area contributed by atoms with Gasteiger partial charge < -0.3 is 14.6 Å². The van der Waals surface area contributed by atoms with Gasteiger partial charge in [-0.25, -0.2) is 0 Å². The Morgan fingerprint density at radius 2 is 0.952 bits per heavy atom. The van der Waals surface area contributed by atoms with Crippen LogP contribution in [0.3, 0.4) is 0 Å². The Morgan fingerprint density at radius 1 is 0.548 bits per heavy atom. The standard InChI is InChI=1S/C38H72O4/c1-3-5-7-9-11-13-15-17-18-19-20-21-22-23-25-27-29-31-33-38(40)42-37(35-39)36-41-34-32-30-28-26-24-16-14-12-10-8-6-4-2/h10,12,18-19,37,39H,3-9,11,13-17,20-36H2,1-2H3/b12-10-,19-18-. The van der Waals surface area contributed by atoms with Crippen LogP contribution in [-0.2, 0) is 14.3 Å². The summed E-state index contributed by atoms with van der Waals surface area (Å²) in [5.74, 6) is -0.207. The Morgan fingerprint density at radius 3 is 1.43 bits per heavy atom. The Bertz CT molecular complexity index is 586. The molecule has 1 atom stereocenters. The van der Waals surface area contributed by atoms with Crippen molar-refractivity contribution < 1.29 is 19.4 Å². The molecule has 0 amide bonds. The monoisotopic (exact) mass is 593 g/mol. The van der Waals surface area contributed by atoms with E-state index in [1.165, 1.54) is 148 Å². The number of unbranched alkanes of at least 4 members (excludes halogenated alkanes) is 22. The molecule has 1 unspecified atom stereocenters. The van der Waals surface area contributed by atoms with E-state index in [0.717, 1.165) is 19.3 Å². The molecule has 0 aromatic carbocycles. The first kappa shape index (κ1) is 40.9. The zero-order valence-electron chi connectivity index (χ0n) is 28.3. The van der Waals surface area contributed by atoms with Crippen LogP contribution in [0, 0.1) is 0 Å². The molecule has 0 bridgehead atoms. The van der Waals surface area contributed by atoms with E-state index >= 15 is 0 Å². The predicted octanol–water partition coefficient (Wildman–Crippen LogP) is 11.6. The van der Waals surface area contributed by atoms with Crippen molar-refractivity contribution in [1.82, 2.24) is 0 Å². The van der Waals surface area contributed by atoms with Gasteiger partial charge in [0.05, 0.1) is 13.2 Å². The topological polar surface area (TPSA) is 55.8 Å². The van der Waals surface area contributed by atoms with Crippen molar-refractivity contribution >= 4 is 5.97 Å². The van der Waals surface area contributed by atoms with E-state index in [1.54, 1.807) is 0 Å². The smallest absolute Gasteiger partial charge is 0.306 e. The third-order valence-corrected chi connectivity index (χ3v) is 8.00. The molecule has 0 radical (unpaired) electrons. The van der Waals surface area contributed by atoms with Crippen molar-refractivity contribution in [1.29, 1.82) is 0 Å². The third kappa shape index (κ3) is 33.4. The van der Waals surface area contributed by atoms with E-state index in [0.29, 0.717) is 19.6 Å². The Hall–Kier alpha value is -1.13. The normalized spacial score (nSPS) is 12.5. The van der Waals surface area contributed by atoms with Crippen molar-refractivity contribution in [2.24, 2.45) is 0 Å². The van der Waals surface area contributed by atoms with Crippen LogP contribution in [0.5, 0.6) is 0 Å². The molecular formula is C38H72O4. The molecule has 0 aromatic rings. The van der Waals surface area contributed by atoms with E-state index in [1.807, 2.05) is 0 Å². The summed E-state index contributed by atoms with van der Waals surface area (Å²) in [7, 11) is 0. The summed E-state index contributed by atoms with van der Waals surface area (Å²) in [5, 5.41) is 9.54.